The summed E-state index contributed by atoms with van der Waals surface area (Å²) in [7, 11) is 0. The van der Waals surface area contributed by atoms with Crippen molar-refractivity contribution < 1.29 is 23.1 Å². The third kappa shape index (κ3) is 7.72. The number of piperidine rings is 2. The quantitative estimate of drug-likeness (QED) is 0.283. The molecule has 1 atom stereocenters. The van der Waals surface area contributed by atoms with Crippen LogP contribution >= 0.6 is 11.6 Å². The summed E-state index contributed by atoms with van der Waals surface area (Å²) in [6, 6.07) is 7.28. The monoisotopic (exact) mass is 619 g/mol. The molecule has 9 nitrogen and oxygen atoms in total. The Kier molecular flexibility index (Phi) is 10.3. The zero-order valence-electron chi connectivity index (χ0n) is 23.9. The van der Waals surface area contributed by atoms with Crippen molar-refractivity contribution in [1.29, 1.82) is 0 Å². The molecule has 0 bridgehead atoms. The van der Waals surface area contributed by atoms with Gasteiger partial charge in [0, 0.05) is 55.6 Å². The summed E-state index contributed by atoms with van der Waals surface area (Å²) in [6.07, 6.45) is 3.48. The van der Waals surface area contributed by atoms with E-state index >= 15 is 0 Å². The molecule has 2 saturated heterocycles. The first kappa shape index (κ1) is 31.4. The fraction of sp³-hybridized carbons (Fsp3) is 0.533. The Morgan fingerprint density at radius 1 is 1.05 bits per heavy atom. The van der Waals surface area contributed by atoms with E-state index in [1.165, 1.54) is 12.4 Å². The van der Waals surface area contributed by atoms with Crippen LogP contribution in [0.25, 0.3) is 10.9 Å². The van der Waals surface area contributed by atoms with Gasteiger partial charge in [-0.15, -0.1) is 0 Å². The second-order valence-corrected chi connectivity index (χ2v) is 11.5. The first-order chi connectivity index (χ1) is 20.7. The van der Waals surface area contributed by atoms with Gasteiger partial charge >= 0.3 is 6.18 Å². The van der Waals surface area contributed by atoms with Crippen LogP contribution in [0.5, 0.6) is 0 Å². The summed E-state index contributed by atoms with van der Waals surface area (Å²) in [5.74, 6) is -0.733. The van der Waals surface area contributed by atoms with Crippen LogP contribution in [0, 0.1) is 0 Å². The van der Waals surface area contributed by atoms with Gasteiger partial charge in [0.1, 0.15) is 5.82 Å². The minimum atomic E-state index is -4.62. The van der Waals surface area contributed by atoms with E-state index in [0.717, 1.165) is 77.1 Å². The van der Waals surface area contributed by atoms with Gasteiger partial charge in [-0.05, 0) is 76.0 Å². The number of nitrogens with one attached hydrogen (secondary N) is 2. The maximum Gasteiger partial charge on any atom is 0.451 e. The number of nitrogens with zero attached hydrogens (tertiary/aromatic N) is 5. The molecule has 0 spiro atoms. The summed E-state index contributed by atoms with van der Waals surface area (Å²) in [6.45, 7) is 4.37. The highest BCUT2D eigenvalue weighted by atomic mass is 35.5. The number of hydrogen-bond acceptors (Lipinski definition) is 8. The van der Waals surface area contributed by atoms with Crippen LogP contribution in [0.1, 0.15) is 66.3 Å². The molecule has 2 aromatic heterocycles. The Balaban J connectivity index is 1.30. The summed E-state index contributed by atoms with van der Waals surface area (Å²) in [5.41, 5.74) is 1.47. The lowest BCUT2D eigenvalue weighted by molar-refractivity contribution is -0.145. The van der Waals surface area contributed by atoms with Gasteiger partial charge in [-0.25, -0.2) is 15.0 Å². The molecule has 0 saturated carbocycles. The Hall–Kier alpha value is -3.06. The SMILES string of the molecule is O=C(NCC(c1cnc(C(F)(F)F)nc1)N1CCCCC1)c1c(Cl)ccc2nc(N3CCC(NCCCO)CC3)ccc12. The third-order valence-electron chi connectivity index (χ3n) is 8.22. The van der Waals surface area contributed by atoms with Gasteiger partial charge in [-0.2, -0.15) is 13.2 Å². The Bertz CT molecular complexity index is 1380. The molecular formula is C30H37ClF3N7O2. The number of amides is 1. The van der Waals surface area contributed by atoms with Gasteiger partial charge in [0.05, 0.1) is 22.1 Å². The van der Waals surface area contributed by atoms with E-state index < -0.39 is 12.0 Å². The van der Waals surface area contributed by atoms with Crippen molar-refractivity contribution in [3.63, 3.8) is 0 Å². The number of likely N-dealkylation sites (tertiary alicyclic amines) is 1. The largest absolute Gasteiger partial charge is 0.451 e. The number of carbonyl (C=O) groups excluding carboxylic acids is 1. The zero-order chi connectivity index (χ0) is 30.4. The highest BCUT2D eigenvalue weighted by Gasteiger charge is 2.35. The molecule has 2 fully saturated rings. The van der Waals surface area contributed by atoms with Crippen LogP contribution < -0.4 is 15.5 Å². The number of aliphatic hydroxyl groups excluding tert-OH is 1. The number of aromatic nitrogens is 3. The standard InChI is InChI=1S/C30H37ClF3N7O2/c31-23-6-7-24-22(5-8-26(39-24)41-14-9-21(10-15-41)35-11-4-16-42)27(23)28(43)36-19-25(40-12-2-1-3-13-40)20-17-37-29(38-18-20)30(32,33)34/h5-8,17-18,21,25,35,42H,1-4,9-16,19H2,(H,36,43). The average Bonchev–Trinajstić information content (AvgIpc) is 3.01. The summed E-state index contributed by atoms with van der Waals surface area (Å²) in [4.78, 5) is 29.9. The van der Waals surface area contributed by atoms with Crippen LogP contribution in [0.4, 0.5) is 19.0 Å². The lowest BCUT2D eigenvalue weighted by atomic mass is 10.0. The molecule has 3 aromatic rings. The van der Waals surface area contributed by atoms with E-state index in [2.05, 4.69) is 30.4 Å². The minimum Gasteiger partial charge on any atom is -0.396 e. The van der Waals surface area contributed by atoms with Crippen molar-refractivity contribution in [2.24, 2.45) is 0 Å². The third-order valence-corrected chi connectivity index (χ3v) is 8.53. The number of anilines is 1. The van der Waals surface area contributed by atoms with Crippen LogP contribution in [-0.2, 0) is 6.18 Å². The lowest BCUT2D eigenvalue weighted by Crippen LogP contribution is -2.43. The van der Waals surface area contributed by atoms with E-state index in [-0.39, 0.29) is 25.1 Å². The van der Waals surface area contributed by atoms with Crippen molar-refractivity contribution in [1.82, 2.24) is 30.5 Å². The van der Waals surface area contributed by atoms with E-state index in [0.29, 0.717) is 33.1 Å². The average molecular weight is 620 g/mol. The molecule has 1 aromatic carbocycles. The second kappa shape index (κ2) is 14.1. The van der Waals surface area contributed by atoms with E-state index in [1.54, 1.807) is 12.1 Å². The van der Waals surface area contributed by atoms with Crippen molar-refractivity contribution in [3.05, 3.63) is 58.6 Å². The minimum absolute atomic E-state index is 0.160. The maximum absolute atomic E-state index is 13.6. The molecule has 0 aliphatic carbocycles. The predicted molar refractivity (Wildman–Crippen MR) is 159 cm³/mol. The van der Waals surface area contributed by atoms with Gasteiger partial charge in [-0.3, -0.25) is 9.69 Å². The van der Waals surface area contributed by atoms with E-state index in [4.69, 9.17) is 21.7 Å². The lowest BCUT2D eigenvalue weighted by Gasteiger charge is -2.34. The molecule has 232 valence electrons. The number of fused-ring (bicyclic) bond motifs is 1. The van der Waals surface area contributed by atoms with Crippen molar-refractivity contribution in [3.8, 4) is 0 Å². The molecule has 2 aliphatic heterocycles. The number of aliphatic hydroxyl groups is 1. The summed E-state index contributed by atoms with van der Waals surface area (Å²) < 4.78 is 39.2. The number of alkyl halides is 3. The highest BCUT2D eigenvalue weighted by Crippen LogP contribution is 2.30. The Morgan fingerprint density at radius 3 is 2.44 bits per heavy atom. The fourth-order valence-electron chi connectivity index (χ4n) is 5.89. The molecular weight excluding hydrogens is 583 g/mol. The topological polar surface area (TPSA) is 107 Å². The Morgan fingerprint density at radius 2 is 1.77 bits per heavy atom. The van der Waals surface area contributed by atoms with Gasteiger partial charge in [-0.1, -0.05) is 18.0 Å². The van der Waals surface area contributed by atoms with Crippen molar-refractivity contribution >= 4 is 34.2 Å². The van der Waals surface area contributed by atoms with Crippen LogP contribution in [0.3, 0.4) is 0 Å². The smallest absolute Gasteiger partial charge is 0.396 e. The van der Waals surface area contributed by atoms with Gasteiger partial charge in [0.2, 0.25) is 5.82 Å². The van der Waals surface area contributed by atoms with Gasteiger partial charge in [0.15, 0.2) is 0 Å². The van der Waals surface area contributed by atoms with Gasteiger partial charge < -0.3 is 20.6 Å². The zero-order valence-corrected chi connectivity index (χ0v) is 24.7. The maximum atomic E-state index is 13.6. The second-order valence-electron chi connectivity index (χ2n) is 11.1. The molecule has 0 radical (unpaired) electrons. The first-order valence-corrected chi connectivity index (χ1v) is 15.2. The number of pyridine rings is 1. The molecule has 5 rings (SSSR count). The van der Waals surface area contributed by atoms with Crippen molar-refractivity contribution in [2.45, 2.75) is 56.8 Å². The number of carbonyl (C=O) groups is 1. The predicted octanol–water partition coefficient (Wildman–Crippen LogP) is 4.59. The van der Waals surface area contributed by atoms with Crippen LogP contribution in [0.15, 0.2) is 36.7 Å². The molecule has 1 unspecified atom stereocenters. The first-order valence-electron chi connectivity index (χ1n) is 14.8. The summed E-state index contributed by atoms with van der Waals surface area (Å²) in [5, 5.41) is 16.4. The molecule has 3 N–H and O–H groups in total. The normalized spacial score (nSPS) is 17.7. The molecule has 43 heavy (non-hydrogen) atoms. The Labute approximate surface area is 253 Å². The van der Waals surface area contributed by atoms with Crippen LogP contribution in [0.2, 0.25) is 5.02 Å². The molecule has 4 heterocycles. The number of benzene rings is 1. The number of rotatable bonds is 10. The fourth-order valence-corrected chi connectivity index (χ4v) is 6.14. The van der Waals surface area contributed by atoms with E-state index in [1.807, 2.05) is 12.1 Å². The molecule has 1 amide bonds. The number of halogens is 4. The highest BCUT2D eigenvalue weighted by molar-refractivity contribution is 6.35. The number of hydrogen-bond donors (Lipinski definition) is 3. The molecule has 13 heteroatoms. The van der Waals surface area contributed by atoms with Gasteiger partial charge in [0.25, 0.3) is 5.91 Å². The van der Waals surface area contributed by atoms with Crippen LogP contribution in [-0.4, -0.2) is 82.8 Å². The summed E-state index contributed by atoms with van der Waals surface area (Å²) >= 11 is 6.54. The van der Waals surface area contributed by atoms with E-state index in [9.17, 15) is 18.0 Å². The molecule has 2 aliphatic rings. The van der Waals surface area contributed by atoms with Crippen molar-refractivity contribution in [2.75, 3.05) is 50.8 Å².